The Balaban J connectivity index is 1.65. The summed E-state index contributed by atoms with van der Waals surface area (Å²) < 4.78 is 44.1. The highest BCUT2D eigenvalue weighted by Gasteiger charge is 2.43. The molecule has 190 valence electrons. The highest BCUT2D eigenvalue weighted by Crippen LogP contribution is 2.35. The van der Waals surface area contributed by atoms with Crippen molar-refractivity contribution in [1.82, 2.24) is 9.71 Å². The molecule has 4 rings (SSSR count). The molecular formula is C24H18F3N5O5. The molecule has 0 fully saturated rings. The molecule has 0 aliphatic heterocycles. The van der Waals surface area contributed by atoms with Crippen LogP contribution in [0.2, 0.25) is 0 Å². The normalized spacial score (nSPS) is 11.1. The Kier molecular flexibility index (Phi) is 6.69. The van der Waals surface area contributed by atoms with Gasteiger partial charge in [0.25, 0.3) is 5.91 Å². The Bertz CT molecular complexity index is 1500. The summed E-state index contributed by atoms with van der Waals surface area (Å²) in [6.07, 6.45) is -2.83. The van der Waals surface area contributed by atoms with Crippen LogP contribution in [0.3, 0.4) is 0 Å². The second kappa shape index (κ2) is 9.89. The number of nitrogens with one attached hydrogen (secondary N) is 2. The van der Waals surface area contributed by atoms with E-state index in [1.165, 1.54) is 43.6 Å². The molecule has 0 unspecified atom stereocenters. The molecule has 0 saturated carbocycles. The van der Waals surface area contributed by atoms with Crippen LogP contribution in [-0.2, 0) is 4.79 Å². The van der Waals surface area contributed by atoms with Gasteiger partial charge in [0.15, 0.2) is 5.69 Å². The lowest BCUT2D eigenvalue weighted by Gasteiger charge is -2.11. The van der Waals surface area contributed by atoms with E-state index in [1.807, 2.05) is 0 Å². The Morgan fingerprint density at radius 2 is 1.70 bits per heavy atom. The number of pyridine rings is 1. The van der Waals surface area contributed by atoms with Gasteiger partial charge in [0, 0.05) is 34.6 Å². The number of carbonyl (C=O) groups excluding carboxylic acids is 3. The van der Waals surface area contributed by atoms with Crippen molar-refractivity contribution in [3.8, 4) is 16.9 Å². The summed E-state index contributed by atoms with van der Waals surface area (Å²) in [4.78, 5) is 44.5. The lowest BCUT2D eigenvalue weighted by Crippen LogP contribution is -2.35. The zero-order valence-electron chi connectivity index (χ0n) is 19.0. The summed E-state index contributed by atoms with van der Waals surface area (Å²) in [7, 11) is 1.50. The number of benzene rings is 2. The minimum absolute atomic E-state index is 0.0798. The minimum atomic E-state index is -5.31. The number of nitrogens with zero attached hydrogens (tertiary/aromatic N) is 2. The zero-order valence-corrected chi connectivity index (χ0v) is 19.0. The Morgan fingerprint density at radius 3 is 2.35 bits per heavy atom. The average molecular weight is 513 g/mol. The van der Waals surface area contributed by atoms with Gasteiger partial charge in [0.2, 0.25) is 0 Å². The fourth-order valence-corrected chi connectivity index (χ4v) is 3.57. The third-order valence-corrected chi connectivity index (χ3v) is 5.13. The third-order valence-electron chi connectivity index (χ3n) is 5.13. The van der Waals surface area contributed by atoms with Gasteiger partial charge in [-0.25, -0.2) is 9.59 Å². The molecule has 2 aromatic carbocycles. The molecule has 37 heavy (non-hydrogen) atoms. The number of nitrogens with two attached hydrogens (primary N) is 1. The number of carbonyl (C=O) groups is 3. The van der Waals surface area contributed by atoms with Gasteiger partial charge in [-0.2, -0.15) is 17.9 Å². The number of amides is 3. The largest absolute Gasteiger partial charge is 0.497 e. The number of fused-ring (bicyclic) bond motifs is 1. The number of methoxy groups -OCH3 is 1. The van der Waals surface area contributed by atoms with Crippen molar-refractivity contribution in [3.05, 3.63) is 72.7 Å². The molecular weight excluding hydrogens is 495 g/mol. The van der Waals surface area contributed by atoms with Gasteiger partial charge in [-0.1, -0.05) is 18.2 Å². The number of urea groups is 1. The Hall–Kier alpha value is -5.07. The fourth-order valence-electron chi connectivity index (χ4n) is 3.57. The first-order valence-electron chi connectivity index (χ1n) is 10.5. The number of anilines is 2. The third kappa shape index (κ3) is 5.29. The monoisotopic (exact) mass is 513 g/mol. The molecule has 2 heterocycles. The van der Waals surface area contributed by atoms with E-state index in [0.29, 0.717) is 27.4 Å². The number of rotatable bonds is 6. The molecule has 2 aromatic heterocycles. The smallest absolute Gasteiger partial charge is 0.493 e. The van der Waals surface area contributed by atoms with Crippen molar-refractivity contribution in [3.63, 3.8) is 0 Å². The first-order chi connectivity index (χ1) is 17.6. The Morgan fingerprint density at radius 1 is 1.00 bits per heavy atom. The molecule has 0 aliphatic rings. The lowest BCUT2D eigenvalue weighted by molar-refractivity contribution is -0.199. The topological polar surface area (TPSA) is 138 Å². The summed E-state index contributed by atoms with van der Waals surface area (Å²) >= 11 is 0. The number of hydrogen-bond donors (Lipinski definition) is 3. The van der Waals surface area contributed by atoms with E-state index in [9.17, 15) is 27.6 Å². The van der Waals surface area contributed by atoms with E-state index in [0.717, 1.165) is 6.20 Å². The van der Waals surface area contributed by atoms with Crippen molar-refractivity contribution < 1.29 is 37.1 Å². The molecule has 4 N–H and O–H groups in total. The van der Waals surface area contributed by atoms with Crippen molar-refractivity contribution in [2.45, 2.75) is 6.18 Å². The van der Waals surface area contributed by atoms with Crippen LogP contribution >= 0.6 is 0 Å². The summed E-state index contributed by atoms with van der Waals surface area (Å²) in [5.74, 6) is -3.12. The van der Waals surface area contributed by atoms with Crippen LogP contribution in [0.1, 0.15) is 10.5 Å². The summed E-state index contributed by atoms with van der Waals surface area (Å²) in [5.41, 5.74) is 6.23. The van der Waals surface area contributed by atoms with E-state index in [2.05, 4.69) is 20.5 Å². The minimum Gasteiger partial charge on any atom is -0.497 e. The SMILES string of the molecule is COc1cccc(NC(=O)Nc2ccc(-c3c(C(N)=O)n(OC(=O)C(F)(F)F)c4cnccc34)cc2)c1. The maximum Gasteiger partial charge on any atom is 0.493 e. The van der Waals surface area contributed by atoms with Crippen LogP contribution in [-0.4, -0.2) is 40.9 Å². The first kappa shape index (κ1) is 25.0. The molecule has 3 amide bonds. The lowest BCUT2D eigenvalue weighted by atomic mass is 10.0. The molecule has 4 aromatic rings. The quantitative estimate of drug-likeness (QED) is 0.357. The standard InChI is InChI=1S/C24H18F3N5O5/c1-36-16-4-2-3-15(11-16)31-23(35)30-14-7-5-13(6-8-14)19-17-9-10-29-12-18(17)32(20(19)21(28)33)37-22(34)24(25,26)27/h2-12H,1H3,(H2,28,33)(H2,30,31,35). The van der Waals surface area contributed by atoms with Crippen molar-refractivity contribution in [2.24, 2.45) is 5.73 Å². The molecule has 10 nitrogen and oxygen atoms in total. The van der Waals surface area contributed by atoms with Crippen LogP contribution in [0.4, 0.5) is 29.3 Å². The Labute approximate surface area is 206 Å². The predicted molar refractivity (Wildman–Crippen MR) is 127 cm³/mol. The van der Waals surface area contributed by atoms with Crippen molar-refractivity contribution in [2.75, 3.05) is 17.7 Å². The van der Waals surface area contributed by atoms with E-state index < -0.39 is 29.8 Å². The van der Waals surface area contributed by atoms with E-state index >= 15 is 0 Å². The maximum absolute atomic E-state index is 12.9. The fraction of sp³-hybridized carbons (Fsp3) is 0.0833. The maximum atomic E-state index is 12.9. The molecule has 0 radical (unpaired) electrons. The van der Waals surface area contributed by atoms with Gasteiger partial charge in [-0.3, -0.25) is 9.78 Å². The van der Waals surface area contributed by atoms with Crippen molar-refractivity contribution in [1.29, 1.82) is 0 Å². The van der Waals surface area contributed by atoms with E-state index in [1.54, 1.807) is 24.3 Å². The van der Waals surface area contributed by atoms with Gasteiger partial charge in [-0.05, 0) is 35.9 Å². The number of primary amides is 1. The number of alkyl halides is 3. The molecule has 0 atom stereocenters. The van der Waals surface area contributed by atoms with Crippen LogP contribution in [0.15, 0.2) is 67.0 Å². The number of halogens is 3. The number of ether oxygens (including phenoxy) is 1. The molecule has 0 saturated heterocycles. The highest BCUT2D eigenvalue weighted by molar-refractivity contribution is 6.10. The second-order valence-corrected chi connectivity index (χ2v) is 7.54. The van der Waals surface area contributed by atoms with Crippen LogP contribution < -0.4 is 25.9 Å². The number of aromatic nitrogens is 2. The van der Waals surface area contributed by atoms with Gasteiger partial charge in [-0.15, -0.1) is 0 Å². The molecule has 0 aliphatic carbocycles. The van der Waals surface area contributed by atoms with Gasteiger partial charge < -0.3 is 25.9 Å². The van der Waals surface area contributed by atoms with Crippen molar-refractivity contribution >= 4 is 40.2 Å². The van der Waals surface area contributed by atoms with Gasteiger partial charge >= 0.3 is 18.2 Å². The van der Waals surface area contributed by atoms with E-state index in [-0.39, 0.29) is 16.5 Å². The van der Waals surface area contributed by atoms with Crippen LogP contribution in [0, 0.1) is 0 Å². The zero-order chi connectivity index (χ0) is 26.7. The van der Waals surface area contributed by atoms with E-state index in [4.69, 9.17) is 10.5 Å². The predicted octanol–water partition coefficient (Wildman–Crippen LogP) is 3.97. The summed E-state index contributed by atoms with van der Waals surface area (Å²) in [6.45, 7) is 0. The van der Waals surface area contributed by atoms with Gasteiger partial charge in [0.05, 0.1) is 13.3 Å². The molecule has 13 heteroatoms. The highest BCUT2D eigenvalue weighted by atomic mass is 19.4. The molecule has 0 bridgehead atoms. The van der Waals surface area contributed by atoms with Crippen LogP contribution in [0.25, 0.3) is 22.0 Å². The number of hydrogen-bond acceptors (Lipinski definition) is 6. The molecule has 0 spiro atoms. The van der Waals surface area contributed by atoms with Crippen LogP contribution in [0.5, 0.6) is 5.75 Å². The average Bonchev–Trinajstić information content (AvgIpc) is 3.18. The summed E-state index contributed by atoms with van der Waals surface area (Å²) in [5, 5.41) is 5.55. The first-order valence-corrected chi connectivity index (χ1v) is 10.5. The second-order valence-electron chi connectivity index (χ2n) is 7.54. The van der Waals surface area contributed by atoms with Gasteiger partial charge in [0.1, 0.15) is 11.3 Å². The summed E-state index contributed by atoms with van der Waals surface area (Å²) in [6, 6.07) is 13.7.